The molecule has 0 aliphatic carbocycles. The minimum Gasteiger partial charge on any atom is -0.480 e. The van der Waals surface area contributed by atoms with Crippen LogP contribution in [-0.2, 0) is 17.8 Å². The molecule has 0 fully saturated rings. The van der Waals surface area contributed by atoms with Gasteiger partial charge in [-0.2, -0.15) is 0 Å². The molecule has 0 spiro atoms. The Labute approximate surface area is 121 Å². The van der Waals surface area contributed by atoms with Crippen molar-refractivity contribution in [3.63, 3.8) is 0 Å². The predicted octanol–water partition coefficient (Wildman–Crippen LogP) is 2.01. The average molecular weight is 286 g/mol. The molecule has 1 unspecified atom stereocenters. The molecule has 0 bridgehead atoms. The third-order valence-corrected chi connectivity index (χ3v) is 3.47. The molecule has 0 radical (unpaired) electrons. The van der Waals surface area contributed by atoms with Gasteiger partial charge in [0.25, 0.3) is 0 Å². The number of carbonyl (C=O) groups excluding carboxylic acids is 1. The molecule has 108 valence electrons. The minimum atomic E-state index is -1.01. The molecule has 0 saturated carbocycles. The van der Waals surface area contributed by atoms with Crippen LogP contribution in [0.4, 0.5) is 10.5 Å². The molecule has 3 rings (SSSR count). The molecule has 21 heavy (non-hydrogen) atoms. The summed E-state index contributed by atoms with van der Waals surface area (Å²) < 4.78 is 5.14. The van der Waals surface area contributed by atoms with Crippen molar-refractivity contribution >= 4 is 17.7 Å². The Kier molecular flexibility index (Phi) is 3.35. The van der Waals surface area contributed by atoms with Gasteiger partial charge in [0.05, 0.1) is 12.8 Å². The molecule has 6 heteroatoms. The summed E-state index contributed by atoms with van der Waals surface area (Å²) >= 11 is 0. The first-order chi connectivity index (χ1) is 10.2. The van der Waals surface area contributed by atoms with Crippen molar-refractivity contribution in [1.29, 1.82) is 0 Å². The van der Waals surface area contributed by atoms with E-state index in [9.17, 15) is 14.7 Å². The number of para-hydroxylation sites is 1. The standard InChI is InChI=1S/C15H14N2O4/c18-14(19)13-8-10-4-1-2-6-12(10)17(13)15(20)16-9-11-5-3-7-21-11/h1-7,13H,8-9H2,(H,16,20)(H,18,19). The Bertz CT molecular complexity index is 666. The van der Waals surface area contributed by atoms with Crippen LogP contribution < -0.4 is 10.2 Å². The molecule has 0 saturated heterocycles. The molecule has 1 aromatic heterocycles. The highest BCUT2D eigenvalue weighted by Gasteiger charge is 2.38. The molecule has 6 nitrogen and oxygen atoms in total. The van der Waals surface area contributed by atoms with Crippen LogP contribution in [0.5, 0.6) is 0 Å². The zero-order valence-corrected chi connectivity index (χ0v) is 11.2. The second-order valence-corrected chi connectivity index (χ2v) is 4.79. The number of hydrogen-bond donors (Lipinski definition) is 2. The normalized spacial score (nSPS) is 16.6. The summed E-state index contributed by atoms with van der Waals surface area (Å²) in [6.45, 7) is 0.219. The van der Waals surface area contributed by atoms with E-state index in [0.29, 0.717) is 17.9 Å². The fourth-order valence-corrected chi connectivity index (χ4v) is 2.50. The Morgan fingerprint density at radius 2 is 2.10 bits per heavy atom. The van der Waals surface area contributed by atoms with Gasteiger partial charge in [-0.05, 0) is 23.8 Å². The van der Waals surface area contributed by atoms with E-state index in [1.54, 1.807) is 24.3 Å². The van der Waals surface area contributed by atoms with Crippen molar-refractivity contribution in [2.75, 3.05) is 4.90 Å². The maximum Gasteiger partial charge on any atom is 0.327 e. The van der Waals surface area contributed by atoms with Crippen molar-refractivity contribution in [3.05, 3.63) is 54.0 Å². The largest absolute Gasteiger partial charge is 0.480 e. The van der Waals surface area contributed by atoms with Gasteiger partial charge in [-0.3, -0.25) is 4.90 Å². The number of hydrogen-bond acceptors (Lipinski definition) is 3. The molecule has 1 aromatic carbocycles. The van der Waals surface area contributed by atoms with Crippen LogP contribution in [0.3, 0.4) is 0 Å². The van der Waals surface area contributed by atoms with Gasteiger partial charge in [0.15, 0.2) is 0 Å². The summed E-state index contributed by atoms with van der Waals surface area (Å²) in [4.78, 5) is 25.0. The fourth-order valence-electron chi connectivity index (χ4n) is 2.50. The van der Waals surface area contributed by atoms with E-state index in [4.69, 9.17) is 4.42 Å². The highest BCUT2D eigenvalue weighted by Crippen LogP contribution is 2.32. The number of nitrogens with one attached hydrogen (secondary N) is 1. The van der Waals surface area contributed by atoms with Gasteiger partial charge in [-0.1, -0.05) is 18.2 Å². The van der Waals surface area contributed by atoms with Gasteiger partial charge in [0.2, 0.25) is 0 Å². The first-order valence-electron chi connectivity index (χ1n) is 6.57. The van der Waals surface area contributed by atoms with Crippen molar-refractivity contribution in [2.45, 2.75) is 19.0 Å². The summed E-state index contributed by atoms with van der Waals surface area (Å²) in [5.74, 6) is -0.401. The number of carboxylic acid groups (broad SMARTS) is 1. The Morgan fingerprint density at radius 3 is 2.81 bits per heavy atom. The first-order valence-corrected chi connectivity index (χ1v) is 6.57. The topological polar surface area (TPSA) is 82.8 Å². The number of aliphatic carboxylic acids is 1. The molecule has 2 N–H and O–H groups in total. The highest BCUT2D eigenvalue weighted by atomic mass is 16.4. The van der Waals surface area contributed by atoms with Crippen molar-refractivity contribution < 1.29 is 19.1 Å². The van der Waals surface area contributed by atoms with Gasteiger partial charge < -0.3 is 14.8 Å². The van der Waals surface area contributed by atoms with Crippen molar-refractivity contribution in [3.8, 4) is 0 Å². The number of urea groups is 1. The maximum atomic E-state index is 12.3. The van der Waals surface area contributed by atoms with E-state index in [1.165, 1.54) is 11.2 Å². The average Bonchev–Trinajstić information content (AvgIpc) is 3.11. The predicted molar refractivity (Wildman–Crippen MR) is 75.0 cm³/mol. The van der Waals surface area contributed by atoms with Crippen molar-refractivity contribution in [1.82, 2.24) is 5.32 Å². The van der Waals surface area contributed by atoms with Crippen LogP contribution in [0.1, 0.15) is 11.3 Å². The van der Waals surface area contributed by atoms with Gasteiger partial charge in [-0.25, -0.2) is 9.59 Å². The third kappa shape index (κ3) is 2.47. The van der Waals surface area contributed by atoms with E-state index in [1.807, 2.05) is 12.1 Å². The van der Waals surface area contributed by atoms with Gasteiger partial charge in [-0.15, -0.1) is 0 Å². The first kappa shape index (κ1) is 13.2. The van der Waals surface area contributed by atoms with E-state index < -0.39 is 18.0 Å². The number of amides is 2. The van der Waals surface area contributed by atoms with Crippen LogP contribution in [0, 0.1) is 0 Å². The lowest BCUT2D eigenvalue weighted by atomic mass is 10.1. The number of benzene rings is 1. The Hall–Kier alpha value is -2.76. The molecule has 2 aromatic rings. The van der Waals surface area contributed by atoms with E-state index in [2.05, 4.69) is 5.32 Å². The molecule has 1 aliphatic rings. The van der Waals surface area contributed by atoms with Crippen LogP contribution in [0.25, 0.3) is 0 Å². The lowest BCUT2D eigenvalue weighted by Crippen LogP contribution is -2.47. The zero-order valence-electron chi connectivity index (χ0n) is 11.2. The zero-order chi connectivity index (χ0) is 14.8. The Balaban J connectivity index is 1.80. The second-order valence-electron chi connectivity index (χ2n) is 4.79. The number of anilines is 1. The Morgan fingerprint density at radius 1 is 1.29 bits per heavy atom. The van der Waals surface area contributed by atoms with E-state index in [0.717, 1.165) is 5.56 Å². The van der Waals surface area contributed by atoms with E-state index >= 15 is 0 Å². The molecule has 1 aliphatic heterocycles. The number of nitrogens with zero attached hydrogens (tertiary/aromatic N) is 1. The molecule has 2 heterocycles. The number of rotatable bonds is 3. The maximum absolute atomic E-state index is 12.3. The second kappa shape index (κ2) is 5.32. The summed E-state index contributed by atoms with van der Waals surface area (Å²) in [5, 5.41) is 12.0. The minimum absolute atomic E-state index is 0.219. The highest BCUT2D eigenvalue weighted by molar-refractivity contribution is 6.00. The number of furan rings is 1. The van der Waals surface area contributed by atoms with Crippen LogP contribution >= 0.6 is 0 Å². The summed E-state index contributed by atoms with van der Waals surface area (Å²) in [5.41, 5.74) is 1.50. The molecule has 2 amide bonds. The SMILES string of the molecule is O=C(O)C1Cc2ccccc2N1C(=O)NCc1ccco1. The smallest absolute Gasteiger partial charge is 0.327 e. The monoisotopic (exact) mass is 286 g/mol. The van der Waals surface area contributed by atoms with Crippen molar-refractivity contribution in [2.24, 2.45) is 0 Å². The van der Waals surface area contributed by atoms with Crippen LogP contribution in [0.2, 0.25) is 0 Å². The lowest BCUT2D eigenvalue weighted by molar-refractivity contribution is -0.138. The lowest BCUT2D eigenvalue weighted by Gasteiger charge is -2.22. The summed E-state index contributed by atoms with van der Waals surface area (Å²) in [6.07, 6.45) is 1.84. The van der Waals surface area contributed by atoms with Gasteiger partial charge >= 0.3 is 12.0 Å². The summed E-state index contributed by atoms with van der Waals surface area (Å²) in [7, 11) is 0. The third-order valence-electron chi connectivity index (χ3n) is 3.47. The molecular formula is C15H14N2O4. The van der Waals surface area contributed by atoms with E-state index in [-0.39, 0.29) is 6.54 Å². The van der Waals surface area contributed by atoms with Crippen LogP contribution in [-0.4, -0.2) is 23.1 Å². The van der Waals surface area contributed by atoms with Crippen LogP contribution in [0.15, 0.2) is 47.1 Å². The quantitative estimate of drug-likeness (QED) is 0.904. The number of carboxylic acids is 1. The molecule has 1 atom stereocenters. The summed E-state index contributed by atoms with van der Waals surface area (Å²) in [6, 6.07) is 9.37. The number of carbonyl (C=O) groups is 2. The fraction of sp³-hybridized carbons (Fsp3) is 0.200. The molecular weight excluding hydrogens is 272 g/mol. The number of fused-ring (bicyclic) bond motifs is 1. The van der Waals surface area contributed by atoms with Gasteiger partial charge in [0, 0.05) is 12.1 Å². The van der Waals surface area contributed by atoms with Gasteiger partial charge in [0.1, 0.15) is 11.8 Å².